The molecule has 30 heavy (non-hydrogen) atoms. The van der Waals surface area contributed by atoms with Crippen LogP contribution in [0.5, 0.6) is 5.75 Å². The summed E-state index contributed by atoms with van der Waals surface area (Å²) in [7, 11) is 1.64. The Labute approximate surface area is 181 Å². The maximum Gasteiger partial charge on any atom is 0.253 e. The van der Waals surface area contributed by atoms with Gasteiger partial charge in [0, 0.05) is 6.54 Å². The molecule has 0 fully saturated rings. The molecule has 0 unspecified atom stereocenters. The van der Waals surface area contributed by atoms with Gasteiger partial charge in [-0.1, -0.05) is 55.8 Å². The number of hydrogen-bond acceptors (Lipinski definition) is 3. The van der Waals surface area contributed by atoms with Crippen molar-refractivity contribution in [1.82, 2.24) is 10.6 Å². The highest BCUT2D eigenvalue weighted by Gasteiger charge is 2.25. The van der Waals surface area contributed by atoms with Gasteiger partial charge in [0.1, 0.15) is 11.8 Å². The molecule has 3 rings (SSSR count). The molecule has 0 saturated heterocycles. The van der Waals surface area contributed by atoms with Crippen LogP contribution < -0.4 is 15.4 Å². The first-order chi connectivity index (χ1) is 14.4. The van der Waals surface area contributed by atoms with Crippen molar-refractivity contribution in [2.24, 2.45) is 5.92 Å². The molecule has 0 aliphatic carbocycles. The van der Waals surface area contributed by atoms with Crippen LogP contribution in [0.2, 0.25) is 5.02 Å². The molecule has 0 radical (unpaired) electrons. The number of benzene rings is 3. The van der Waals surface area contributed by atoms with Gasteiger partial charge in [-0.3, -0.25) is 9.59 Å². The quantitative estimate of drug-likeness (QED) is 0.583. The summed E-state index contributed by atoms with van der Waals surface area (Å²) in [6.07, 6.45) is 0. The van der Waals surface area contributed by atoms with Gasteiger partial charge in [-0.2, -0.15) is 0 Å². The van der Waals surface area contributed by atoms with Crippen molar-refractivity contribution in [2.45, 2.75) is 26.4 Å². The molecule has 1 atom stereocenters. The first kappa shape index (κ1) is 21.7. The smallest absolute Gasteiger partial charge is 0.253 e. The number of carbonyl (C=O) groups is 2. The molecule has 2 amide bonds. The van der Waals surface area contributed by atoms with Crippen molar-refractivity contribution in [3.63, 3.8) is 0 Å². The van der Waals surface area contributed by atoms with Crippen LogP contribution in [0.4, 0.5) is 0 Å². The van der Waals surface area contributed by atoms with Crippen LogP contribution >= 0.6 is 11.6 Å². The summed E-state index contributed by atoms with van der Waals surface area (Å²) in [6.45, 7) is 4.15. The zero-order chi connectivity index (χ0) is 21.7. The lowest BCUT2D eigenvalue weighted by Gasteiger charge is -2.22. The highest BCUT2D eigenvalue weighted by atomic mass is 35.5. The number of nitrogens with one attached hydrogen (secondary N) is 2. The molecule has 5 nitrogen and oxygen atoms in total. The maximum atomic E-state index is 12.8. The third-order valence-electron chi connectivity index (χ3n) is 4.93. The first-order valence-corrected chi connectivity index (χ1v) is 10.2. The average molecular weight is 425 g/mol. The molecule has 0 aromatic heterocycles. The lowest BCUT2D eigenvalue weighted by atomic mass is 10.0. The minimum Gasteiger partial charge on any atom is -0.497 e. The van der Waals surface area contributed by atoms with E-state index >= 15 is 0 Å². The number of hydrogen-bond donors (Lipinski definition) is 2. The molecule has 0 spiro atoms. The van der Waals surface area contributed by atoms with Crippen LogP contribution in [0.15, 0.2) is 60.7 Å². The fraction of sp³-hybridized carbons (Fsp3) is 0.250. The summed E-state index contributed by atoms with van der Waals surface area (Å²) in [5.41, 5.74) is 1.32. The molecule has 0 bridgehead atoms. The van der Waals surface area contributed by atoms with Gasteiger partial charge in [0.15, 0.2) is 0 Å². The van der Waals surface area contributed by atoms with Crippen LogP contribution in [0.3, 0.4) is 0 Å². The minimum absolute atomic E-state index is 0.0829. The number of halogens is 1. The lowest BCUT2D eigenvalue weighted by molar-refractivity contribution is -0.124. The second-order valence-electron chi connectivity index (χ2n) is 7.44. The topological polar surface area (TPSA) is 67.4 Å². The number of carbonyl (C=O) groups excluding carboxylic acids is 2. The van der Waals surface area contributed by atoms with Crippen LogP contribution in [-0.4, -0.2) is 25.0 Å². The summed E-state index contributed by atoms with van der Waals surface area (Å²) in [5.74, 6) is 0.118. The standard InChI is InChI=1S/C24H25ClN2O3/c1-15(2)22(27-23(28)20-6-4-5-7-21(20)25)24(29)26-14-16-8-9-18-13-19(30-3)11-10-17(18)12-16/h4-13,15,22H,14H2,1-3H3,(H,26,29)(H,27,28)/t22-/m1/s1. The van der Waals surface area contributed by atoms with E-state index in [9.17, 15) is 9.59 Å². The van der Waals surface area contributed by atoms with E-state index in [0.29, 0.717) is 17.1 Å². The van der Waals surface area contributed by atoms with E-state index in [2.05, 4.69) is 10.6 Å². The van der Waals surface area contributed by atoms with E-state index < -0.39 is 6.04 Å². The second-order valence-corrected chi connectivity index (χ2v) is 7.85. The van der Waals surface area contributed by atoms with Crippen LogP contribution in [0.1, 0.15) is 29.8 Å². The van der Waals surface area contributed by atoms with E-state index in [1.807, 2.05) is 50.2 Å². The van der Waals surface area contributed by atoms with Gasteiger partial charge in [-0.15, -0.1) is 0 Å². The molecule has 0 aliphatic rings. The molecular formula is C24H25ClN2O3. The summed E-state index contributed by atoms with van der Waals surface area (Å²) in [6, 6.07) is 18.0. The Hall–Kier alpha value is -3.05. The Morgan fingerprint density at radius 3 is 2.40 bits per heavy atom. The van der Waals surface area contributed by atoms with Crippen molar-refractivity contribution in [3.8, 4) is 5.75 Å². The van der Waals surface area contributed by atoms with Gasteiger partial charge in [0.2, 0.25) is 5.91 Å². The van der Waals surface area contributed by atoms with Crippen molar-refractivity contribution in [3.05, 3.63) is 76.8 Å². The third-order valence-corrected chi connectivity index (χ3v) is 5.26. The van der Waals surface area contributed by atoms with Gasteiger partial charge < -0.3 is 15.4 Å². The Bertz CT molecular complexity index is 1070. The normalized spacial score (nSPS) is 11.9. The predicted molar refractivity (Wildman–Crippen MR) is 120 cm³/mol. The van der Waals surface area contributed by atoms with Gasteiger partial charge in [-0.25, -0.2) is 0 Å². The summed E-state index contributed by atoms with van der Waals surface area (Å²) in [4.78, 5) is 25.4. The first-order valence-electron chi connectivity index (χ1n) is 9.79. The van der Waals surface area contributed by atoms with Crippen LogP contribution in [-0.2, 0) is 11.3 Å². The third kappa shape index (κ3) is 5.10. The van der Waals surface area contributed by atoms with E-state index in [1.54, 1.807) is 31.4 Å². The Morgan fingerprint density at radius 1 is 1.00 bits per heavy atom. The largest absolute Gasteiger partial charge is 0.497 e. The number of amides is 2. The summed E-state index contributed by atoms with van der Waals surface area (Å²) in [5, 5.41) is 8.21. The highest BCUT2D eigenvalue weighted by molar-refractivity contribution is 6.33. The zero-order valence-corrected chi connectivity index (χ0v) is 18.0. The molecule has 6 heteroatoms. The fourth-order valence-electron chi connectivity index (χ4n) is 3.21. The van der Waals surface area contributed by atoms with Crippen LogP contribution in [0.25, 0.3) is 10.8 Å². The number of fused-ring (bicyclic) bond motifs is 1. The number of ether oxygens (including phenoxy) is 1. The fourth-order valence-corrected chi connectivity index (χ4v) is 3.43. The molecular weight excluding hydrogens is 400 g/mol. The summed E-state index contributed by atoms with van der Waals surface area (Å²) < 4.78 is 5.25. The van der Waals surface area contributed by atoms with E-state index in [-0.39, 0.29) is 17.7 Å². The van der Waals surface area contributed by atoms with E-state index in [4.69, 9.17) is 16.3 Å². The van der Waals surface area contributed by atoms with E-state index in [0.717, 1.165) is 22.1 Å². The maximum absolute atomic E-state index is 12.8. The average Bonchev–Trinajstić information content (AvgIpc) is 2.75. The lowest BCUT2D eigenvalue weighted by Crippen LogP contribution is -2.49. The van der Waals surface area contributed by atoms with Gasteiger partial charge in [-0.05, 0) is 52.6 Å². The Kier molecular flexibility index (Phi) is 6.95. The van der Waals surface area contributed by atoms with Crippen molar-refractivity contribution in [1.29, 1.82) is 0 Å². The Balaban J connectivity index is 1.67. The molecule has 0 saturated carbocycles. The predicted octanol–water partition coefficient (Wildman–Crippen LogP) is 4.57. The van der Waals surface area contributed by atoms with Crippen LogP contribution in [0, 0.1) is 5.92 Å². The highest BCUT2D eigenvalue weighted by Crippen LogP contribution is 2.22. The molecule has 3 aromatic rings. The van der Waals surface area contributed by atoms with Gasteiger partial charge in [0.25, 0.3) is 5.91 Å². The van der Waals surface area contributed by atoms with Crippen molar-refractivity contribution < 1.29 is 14.3 Å². The van der Waals surface area contributed by atoms with Crippen molar-refractivity contribution in [2.75, 3.05) is 7.11 Å². The molecule has 156 valence electrons. The second kappa shape index (κ2) is 9.63. The van der Waals surface area contributed by atoms with Gasteiger partial charge in [0.05, 0.1) is 17.7 Å². The van der Waals surface area contributed by atoms with Gasteiger partial charge >= 0.3 is 0 Å². The van der Waals surface area contributed by atoms with Crippen molar-refractivity contribution >= 4 is 34.2 Å². The number of rotatable bonds is 7. The molecule has 0 aliphatic heterocycles. The molecule has 2 N–H and O–H groups in total. The Morgan fingerprint density at radius 2 is 1.70 bits per heavy atom. The zero-order valence-electron chi connectivity index (χ0n) is 17.2. The minimum atomic E-state index is -0.668. The monoisotopic (exact) mass is 424 g/mol. The number of methoxy groups -OCH3 is 1. The SMILES string of the molecule is COc1ccc2cc(CNC(=O)[C@H](NC(=O)c3ccccc3Cl)C(C)C)ccc2c1. The molecule has 3 aromatic carbocycles. The van der Waals surface area contributed by atoms with E-state index in [1.165, 1.54) is 0 Å². The molecule has 0 heterocycles. The summed E-state index contributed by atoms with van der Waals surface area (Å²) >= 11 is 6.10.